The standard InChI is InChI=1S/C15H25N3S/c1-11-17-12-5-4-6-13(14(12)19-11)18(3)10-15(2)7-8-16-9-15/h13,16H,4-10H2,1-3H3. The van der Waals surface area contributed by atoms with E-state index in [2.05, 4.69) is 31.1 Å². The van der Waals surface area contributed by atoms with Crippen LogP contribution >= 0.6 is 11.3 Å². The van der Waals surface area contributed by atoms with Gasteiger partial charge < -0.3 is 5.32 Å². The van der Waals surface area contributed by atoms with Gasteiger partial charge in [0.2, 0.25) is 0 Å². The molecule has 0 spiro atoms. The van der Waals surface area contributed by atoms with E-state index in [-0.39, 0.29) is 0 Å². The minimum Gasteiger partial charge on any atom is -0.316 e. The van der Waals surface area contributed by atoms with Crippen molar-refractivity contribution in [2.75, 3.05) is 26.7 Å². The van der Waals surface area contributed by atoms with Gasteiger partial charge in [-0.3, -0.25) is 4.90 Å². The Balaban J connectivity index is 1.75. The number of aryl methyl sites for hydroxylation is 2. The molecule has 1 N–H and O–H groups in total. The van der Waals surface area contributed by atoms with Crippen LogP contribution in [-0.2, 0) is 6.42 Å². The zero-order valence-corrected chi connectivity index (χ0v) is 13.1. The minimum atomic E-state index is 0.450. The van der Waals surface area contributed by atoms with Crippen LogP contribution in [0.3, 0.4) is 0 Å². The van der Waals surface area contributed by atoms with E-state index >= 15 is 0 Å². The van der Waals surface area contributed by atoms with Crippen molar-refractivity contribution >= 4 is 11.3 Å². The zero-order valence-electron chi connectivity index (χ0n) is 12.3. The first-order chi connectivity index (χ1) is 9.07. The highest BCUT2D eigenvalue weighted by molar-refractivity contribution is 7.11. The summed E-state index contributed by atoms with van der Waals surface area (Å²) in [7, 11) is 2.30. The van der Waals surface area contributed by atoms with Gasteiger partial charge in [0.15, 0.2) is 0 Å². The maximum absolute atomic E-state index is 4.71. The molecular weight excluding hydrogens is 254 g/mol. The summed E-state index contributed by atoms with van der Waals surface area (Å²) in [5.74, 6) is 0. The van der Waals surface area contributed by atoms with Crippen LogP contribution in [0.1, 0.15) is 47.8 Å². The molecule has 1 aromatic heterocycles. The van der Waals surface area contributed by atoms with Crippen LogP contribution in [0.25, 0.3) is 0 Å². The summed E-state index contributed by atoms with van der Waals surface area (Å²) in [4.78, 5) is 8.84. The van der Waals surface area contributed by atoms with E-state index in [1.165, 1.54) is 56.0 Å². The Morgan fingerprint density at radius 2 is 2.37 bits per heavy atom. The quantitative estimate of drug-likeness (QED) is 0.922. The number of nitrogens with one attached hydrogen (secondary N) is 1. The van der Waals surface area contributed by atoms with Gasteiger partial charge in [0, 0.05) is 24.0 Å². The molecule has 1 aromatic rings. The molecule has 1 aliphatic heterocycles. The van der Waals surface area contributed by atoms with Crippen LogP contribution in [0.15, 0.2) is 0 Å². The number of nitrogens with zero attached hydrogens (tertiary/aromatic N) is 2. The van der Waals surface area contributed by atoms with Crippen LogP contribution < -0.4 is 5.32 Å². The highest BCUT2D eigenvalue weighted by Gasteiger charge is 2.34. The highest BCUT2D eigenvalue weighted by Crippen LogP contribution is 2.39. The molecule has 1 aliphatic carbocycles. The van der Waals surface area contributed by atoms with Gasteiger partial charge in [-0.1, -0.05) is 6.92 Å². The maximum Gasteiger partial charge on any atom is 0.0900 e. The third-order valence-electron chi connectivity index (χ3n) is 4.65. The number of hydrogen-bond donors (Lipinski definition) is 1. The van der Waals surface area contributed by atoms with Gasteiger partial charge in [0.25, 0.3) is 0 Å². The Morgan fingerprint density at radius 3 is 3.11 bits per heavy atom. The van der Waals surface area contributed by atoms with Crippen molar-refractivity contribution in [3.05, 3.63) is 15.6 Å². The van der Waals surface area contributed by atoms with Crippen LogP contribution in [0.2, 0.25) is 0 Å². The molecule has 0 aromatic carbocycles. The van der Waals surface area contributed by atoms with E-state index < -0.39 is 0 Å². The highest BCUT2D eigenvalue weighted by atomic mass is 32.1. The predicted molar refractivity (Wildman–Crippen MR) is 80.8 cm³/mol. The van der Waals surface area contributed by atoms with Crippen LogP contribution in [0, 0.1) is 12.3 Å². The maximum atomic E-state index is 4.71. The number of hydrogen-bond acceptors (Lipinski definition) is 4. The lowest BCUT2D eigenvalue weighted by molar-refractivity contribution is 0.149. The van der Waals surface area contributed by atoms with Gasteiger partial charge in [-0.2, -0.15) is 0 Å². The molecule has 0 bridgehead atoms. The topological polar surface area (TPSA) is 28.2 Å². The second-order valence-electron chi connectivity index (χ2n) is 6.60. The van der Waals surface area contributed by atoms with Crippen molar-refractivity contribution in [1.82, 2.24) is 15.2 Å². The SMILES string of the molecule is Cc1nc2c(s1)C(N(C)CC1(C)CCNC1)CCC2. The smallest absolute Gasteiger partial charge is 0.0900 e. The predicted octanol–water partition coefficient (Wildman–Crippen LogP) is 2.76. The number of rotatable bonds is 3. The van der Waals surface area contributed by atoms with Gasteiger partial charge in [0.05, 0.1) is 10.7 Å². The van der Waals surface area contributed by atoms with Crippen molar-refractivity contribution in [2.24, 2.45) is 5.41 Å². The average molecular weight is 279 g/mol. The molecule has 3 rings (SSSR count). The van der Waals surface area contributed by atoms with Gasteiger partial charge in [0.1, 0.15) is 0 Å². The molecule has 106 valence electrons. The second-order valence-corrected chi connectivity index (χ2v) is 7.84. The lowest BCUT2D eigenvalue weighted by Crippen LogP contribution is -2.38. The normalized spacial score (nSPS) is 30.8. The first kappa shape index (κ1) is 13.5. The molecule has 2 atom stereocenters. The van der Waals surface area contributed by atoms with Crippen LogP contribution in [0.5, 0.6) is 0 Å². The van der Waals surface area contributed by atoms with E-state index in [0.717, 1.165) is 0 Å². The van der Waals surface area contributed by atoms with E-state index in [9.17, 15) is 0 Å². The third-order valence-corrected chi connectivity index (χ3v) is 5.76. The second kappa shape index (κ2) is 5.15. The lowest BCUT2D eigenvalue weighted by Gasteiger charge is -2.36. The molecule has 0 amide bonds. The van der Waals surface area contributed by atoms with Crippen molar-refractivity contribution in [3.8, 4) is 0 Å². The molecule has 3 nitrogen and oxygen atoms in total. The van der Waals surface area contributed by atoms with E-state index in [4.69, 9.17) is 4.98 Å². The summed E-state index contributed by atoms with van der Waals surface area (Å²) in [5, 5.41) is 4.74. The summed E-state index contributed by atoms with van der Waals surface area (Å²) in [6, 6.07) is 0.604. The van der Waals surface area contributed by atoms with E-state index in [1.807, 2.05) is 11.3 Å². The van der Waals surface area contributed by atoms with E-state index in [0.29, 0.717) is 11.5 Å². The van der Waals surface area contributed by atoms with Crippen molar-refractivity contribution in [2.45, 2.75) is 45.6 Å². The molecule has 2 aliphatic rings. The summed E-state index contributed by atoms with van der Waals surface area (Å²) in [6.07, 6.45) is 5.08. The van der Waals surface area contributed by atoms with Gasteiger partial charge in [-0.15, -0.1) is 11.3 Å². The van der Waals surface area contributed by atoms with Gasteiger partial charge in [-0.25, -0.2) is 4.98 Å². The molecule has 2 heterocycles. The minimum absolute atomic E-state index is 0.450. The molecule has 0 saturated carbocycles. The molecule has 1 saturated heterocycles. The van der Waals surface area contributed by atoms with Gasteiger partial charge >= 0.3 is 0 Å². The Morgan fingerprint density at radius 1 is 1.53 bits per heavy atom. The third kappa shape index (κ3) is 2.71. The molecular formula is C15H25N3S. The Labute approximate surface area is 120 Å². The fourth-order valence-corrected chi connectivity index (χ4v) is 4.83. The first-order valence-electron chi connectivity index (χ1n) is 7.45. The summed E-state index contributed by atoms with van der Waals surface area (Å²) in [6.45, 7) is 8.10. The largest absolute Gasteiger partial charge is 0.316 e. The Hall–Kier alpha value is -0.450. The van der Waals surface area contributed by atoms with Crippen molar-refractivity contribution in [1.29, 1.82) is 0 Å². The van der Waals surface area contributed by atoms with Gasteiger partial charge in [-0.05, 0) is 51.6 Å². The molecule has 2 unspecified atom stereocenters. The first-order valence-corrected chi connectivity index (χ1v) is 8.26. The van der Waals surface area contributed by atoms with Crippen LogP contribution in [-0.4, -0.2) is 36.6 Å². The van der Waals surface area contributed by atoms with Crippen molar-refractivity contribution in [3.63, 3.8) is 0 Å². The number of thiazole rings is 1. The van der Waals surface area contributed by atoms with Crippen molar-refractivity contribution < 1.29 is 0 Å². The molecule has 19 heavy (non-hydrogen) atoms. The molecule has 1 fully saturated rings. The molecule has 4 heteroatoms. The zero-order chi connectivity index (χ0) is 13.5. The number of fused-ring (bicyclic) bond motifs is 1. The monoisotopic (exact) mass is 279 g/mol. The summed E-state index contributed by atoms with van der Waals surface area (Å²) >= 11 is 1.92. The lowest BCUT2D eigenvalue weighted by atomic mass is 9.87. The fraction of sp³-hybridized carbons (Fsp3) is 0.800. The summed E-state index contributed by atoms with van der Waals surface area (Å²) < 4.78 is 0. The Kier molecular flexibility index (Phi) is 3.67. The average Bonchev–Trinajstić information content (AvgIpc) is 2.93. The van der Waals surface area contributed by atoms with Crippen LogP contribution in [0.4, 0.5) is 0 Å². The fourth-order valence-electron chi connectivity index (χ4n) is 3.66. The summed E-state index contributed by atoms with van der Waals surface area (Å²) in [5.41, 5.74) is 1.83. The number of aromatic nitrogens is 1. The molecule has 0 radical (unpaired) electrons. The van der Waals surface area contributed by atoms with E-state index in [1.54, 1.807) is 4.88 Å². The Bertz CT molecular complexity index is 448.